The largest absolute Gasteiger partial charge is 0.573 e. The smallest absolute Gasteiger partial charge is 0.406 e. The van der Waals surface area contributed by atoms with Crippen LogP contribution in [0.4, 0.5) is 43.9 Å². The lowest BCUT2D eigenvalue weighted by molar-refractivity contribution is -0.275. The van der Waals surface area contributed by atoms with Crippen molar-refractivity contribution in [2.75, 3.05) is 0 Å². The van der Waals surface area contributed by atoms with E-state index < -0.39 is 76.0 Å². The molecule has 0 aromatic heterocycles. The number of carbonyl (C=O) groups excluding carboxylic acids is 1. The van der Waals surface area contributed by atoms with Gasteiger partial charge in [0.15, 0.2) is 0 Å². The lowest BCUT2D eigenvalue weighted by Crippen LogP contribution is -2.51. The molecule has 0 heterocycles. The van der Waals surface area contributed by atoms with Crippen molar-refractivity contribution in [3.8, 4) is 11.5 Å². The lowest BCUT2D eigenvalue weighted by Gasteiger charge is -2.40. The van der Waals surface area contributed by atoms with Gasteiger partial charge in [0.05, 0.1) is 5.56 Å². The molecular weight excluding hydrogens is 628 g/mol. The second kappa shape index (κ2) is 12.3. The fourth-order valence-corrected chi connectivity index (χ4v) is 4.59. The van der Waals surface area contributed by atoms with Gasteiger partial charge in [-0.15, -0.1) is 26.3 Å². The minimum atomic E-state index is -5.24. The number of ether oxygens (including phenoxy) is 2. The van der Waals surface area contributed by atoms with Crippen LogP contribution in [0.25, 0.3) is 0 Å². The van der Waals surface area contributed by atoms with Crippen molar-refractivity contribution < 1.29 is 63.3 Å². The van der Waals surface area contributed by atoms with Gasteiger partial charge >= 0.3 is 18.9 Å². The molecule has 2 N–H and O–H groups in total. The third kappa shape index (κ3) is 7.84. The normalized spacial score (nSPS) is 13.2. The maximum Gasteiger partial charge on any atom is 0.573 e. The van der Waals surface area contributed by atoms with E-state index in [4.69, 9.17) is 0 Å². The molecule has 0 fully saturated rings. The van der Waals surface area contributed by atoms with E-state index in [1.54, 1.807) is 0 Å². The number of benzene rings is 4. The van der Waals surface area contributed by atoms with Crippen molar-refractivity contribution in [2.45, 2.75) is 30.5 Å². The Hall–Kier alpha value is -4.79. The van der Waals surface area contributed by atoms with Crippen molar-refractivity contribution in [3.05, 3.63) is 131 Å². The van der Waals surface area contributed by atoms with E-state index in [1.807, 2.05) is 0 Å². The van der Waals surface area contributed by atoms with Gasteiger partial charge in [-0.1, -0.05) is 54.6 Å². The third-order valence-corrected chi connectivity index (χ3v) is 6.42. The Kier molecular flexibility index (Phi) is 9.05. The summed E-state index contributed by atoms with van der Waals surface area (Å²) in [4.78, 5) is 13.6. The molecule has 4 aromatic carbocycles. The quantitative estimate of drug-likeness (QED) is 0.190. The molecule has 4 aromatic rings. The zero-order valence-corrected chi connectivity index (χ0v) is 22.3. The highest BCUT2D eigenvalue weighted by molar-refractivity contribution is 5.95. The number of aliphatic hydroxyl groups excluding tert-OH is 1. The highest BCUT2D eigenvalue weighted by atomic mass is 19.4. The van der Waals surface area contributed by atoms with Crippen molar-refractivity contribution >= 4 is 5.91 Å². The van der Waals surface area contributed by atoms with Gasteiger partial charge in [0, 0.05) is 5.56 Å². The molecule has 45 heavy (non-hydrogen) atoms. The molecule has 0 unspecified atom stereocenters. The van der Waals surface area contributed by atoms with Crippen molar-refractivity contribution in [2.24, 2.45) is 0 Å². The maximum absolute atomic E-state index is 14.0. The molecule has 1 amide bonds. The van der Waals surface area contributed by atoms with E-state index in [2.05, 4.69) is 14.8 Å². The highest BCUT2D eigenvalue weighted by Gasteiger charge is 2.46. The summed E-state index contributed by atoms with van der Waals surface area (Å²) in [5.74, 6) is -4.88. The zero-order chi connectivity index (χ0) is 33.2. The van der Waals surface area contributed by atoms with Gasteiger partial charge in [-0.05, 0) is 59.2 Å². The summed E-state index contributed by atoms with van der Waals surface area (Å²) in [5, 5.41) is 14.1. The lowest BCUT2D eigenvalue weighted by atomic mass is 9.75. The van der Waals surface area contributed by atoms with Gasteiger partial charge in [0.1, 0.15) is 29.0 Å². The van der Waals surface area contributed by atoms with E-state index in [9.17, 15) is 53.8 Å². The number of aliphatic hydroxyl groups is 1. The number of nitrogens with one attached hydrogen (secondary N) is 1. The van der Waals surface area contributed by atoms with Crippen LogP contribution in [-0.4, -0.2) is 23.7 Å². The van der Waals surface area contributed by atoms with E-state index in [-0.39, 0.29) is 11.6 Å². The Labute approximate surface area is 247 Å². The number of hydrogen-bond donors (Lipinski definition) is 2. The average molecular weight is 647 g/mol. The summed E-state index contributed by atoms with van der Waals surface area (Å²) >= 11 is 0. The Bertz CT molecular complexity index is 1590. The summed E-state index contributed by atoms with van der Waals surface area (Å²) in [6.45, 7) is 0. The molecule has 0 radical (unpaired) electrons. The van der Waals surface area contributed by atoms with Gasteiger partial charge < -0.3 is 19.9 Å². The van der Waals surface area contributed by atoms with Crippen molar-refractivity contribution in [1.82, 2.24) is 5.32 Å². The van der Waals surface area contributed by atoms with Crippen molar-refractivity contribution in [3.63, 3.8) is 0 Å². The molecule has 0 spiro atoms. The first-order chi connectivity index (χ1) is 20.9. The summed E-state index contributed by atoms with van der Waals surface area (Å²) in [5.41, 5.74) is -6.02. The van der Waals surface area contributed by atoms with Crippen LogP contribution in [-0.2, 0) is 11.7 Å². The average Bonchev–Trinajstić information content (AvgIpc) is 2.94. The van der Waals surface area contributed by atoms with Crippen LogP contribution < -0.4 is 14.8 Å². The van der Waals surface area contributed by atoms with E-state index >= 15 is 0 Å². The third-order valence-electron chi connectivity index (χ3n) is 6.42. The predicted molar refractivity (Wildman–Crippen MR) is 137 cm³/mol. The molecule has 0 bridgehead atoms. The summed E-state index contributed by atoms with van der Waals surface area (Å²) in [7, 11) is 0. The molecule has 0 aliphatic heterocycles. The zero-order valence-electron chi connectivity index (χ0n) is 22.3. The molecule has 15 heteroatoms. The van der Waals surface area contributed by atoms with Crippen LogP contribution >= 0.6 is 0 Å². The molecular formula is C30H19F10NO4. The summed E-state index contributed by atoms with van der Waals surface area (Å²) in [6, 6.07) is 15.6. The van der Waals surface area contributed by atoms with E-state index in [1.165, 1.54) is 30.3 Å². The summed E-state index contributed by atoms with van der Waals surface area (Å²) in [6.07, 6.45) is -17.7. The Morgan fingerprint density at radius 1 is 0.667 bits per heavy atom. The van der Waals surface area contributed by atoms with Crippen LogP contribution in [0, 0.1) is 5.82 Å². The van der Waals surface area contributed by atoms with Crippen LogP contribution in [0.2, 0.25) is 0 Å². The van der Waals surface area contributed by atoms with Crippen LogP contribution in [0.15, 0.2) is 97.1 Å². The van der Waals surface area contributed by atoms with E-state index in [0.717, 1.165) is 48.5 Å². The van der Waals surface area contributed by atoms with E-state index in [0.29, 0.717) is 12.1 Å². The number of carbonyl (C=O) groups is 1. The first kappa shape index (κ1) is 33.1. The van der Waals surface area contributed by atoms with Crippen LogP contribution in [0.5, 0.6) is 11.5 Å². The second-order valence-corrected chi connectivity index (χ2v) is 9.42. The van der Waals surface area contributed by atoms with Crippen LogP contribution in [0.3, 0.4) is 0 Å². The Morgan fingerprint density at radius 2 is 1.18 bits per heavy atom. The molecule has 4 rings (SSSR count). The van der Waals surface area contributed by atoms with Gasteiger partial charge in [-0.3, -0.25) is 4.79 Å². The molecule has 0 saturated heterocycles. The van der Waals surface area contributed by atoms with Crippen LogP contribution in [0.1, 0.15) is 38.7 Å². The molecule has 5 nitrogen and oxygen atoms in total. The maximum atomic E-state index is 14.0. The molecule has 1 atom stereocenters. The summed E-state index contributed by atoms with van der Waals surface area (Å²) < 4.78 is 141. The SMILES string of the molecule is O=C(NC(c1cccc(OC(F)(F)F)c1)(c1cccc(OC(F)(F)F)c1)[C@@H](O)c1ccccc1)c1ccc(F)c(C(F)(F)F)c1. The van der Waals surface area contributed by atoms with Crippen molar-refractivity contribution in [1.29, 1.82) is 0 Å². The molecule has 0 saturated carbocycles. The predicted octanol–water partition coefficient (Wildman–Crippen LogP) is 8.05. The number of alkyl halides is 9. The first-order valence-corrected chi connectivity index (χ1v) is 12.5. The molecule has 238 valence electrons. The highest BCUT2D eigenvalue weighted by Crippen LogP contribution is 2.44. The number of hydrogen-bond acceptors (Lipinski definition) is 4. The first-order valence-electron chi connectivity index (χ1n) is 12.5. The monoisotopic (exact) mass is 647 g/mol. The fourth-order valence-electron chi connectivity index (χ4n) is 4.59. The number of rotatable bonds is 8. The minimum Gasteiger partial charge on any atom is -0.406 e. The van der Waals surface area contributed by atoms with Gasteiger partial charge in [0.25, 0.3) is 5.91 Å². The minimum absolute atomic E-state index is 0.0304. The molecule has 0 aliphatic carbocycles. The number of halogens is 10. The second-order valence-electron chi connectivity index (χ2n) is 9.42. The Balaban J connectivity index is 2.01. The fraction of sp³-hybridized carbons (Fsp3) is 0.167. The van der Waals surface area contributed by atoms with Gasteiger partial charge in [-0.25, -0.2) is 4.39 Å². The topological polar surface area (TPSA) is 67.8 Å². The Morgan fingerprint density at radius 3 is 1.64 bits per heavy atom. The standard InChI is InChI=1S/C30H19F10NO4/c31-24-13-12-18(14-23(24)28(32,33)34)26(43)41-27(25(42)17-6-2-1-3-7-17,19-8-4-10-21(15-19)44-29(35,36)37)20-9-5-11-22(16-20)45-30(38,39)40/h1-16,25,42H,(H,41,43)/t25-/m0/s1. The number of amides is 1. The van der Waals surface area contributed by atoms with Gasteiger partial charge in [-0.2, -0.15) is 13.2 Å². The molecule has 0 aliphatic rings. The van der Waals surface area contributed by atoms with Gasteiger partial charge in [0.2, 0.25) is 0 Å².